The number of morpholine rings is 1. The number of benzene rings is 1. The molecule has 1 aliphatic carbocycles. The Morgan fingerprint density at radius 1 is 1.02 bits per heavy atom. The number of aromatic nitrogens is 3. The molecule has 42 heavy (non-hydrogen) atoms. The summed E-state index contributed by atoms with van der Waals surface area (Å²) in [7, 11) is 0. The molecule has 0 radical (unpaired) electrons. The van der Waals surface area contributed by atoms with Gasteiger partial charge < -0.3 is 19.3 Å². The maximum atomic E-state index is 13.6. The van der Waals surface area contributed by atoms with E-state index in [-0.39, 0.29) is 18.9 Å². The zero-order chi connectivity index (χ0) is 29.2. The minimum Gasteiger partial charge on any atom is -0.481 e. The van der Waals surface area contributed by atoms with Gasteiger partial charge in [0, 0.05) is 24.2 Å². The number of carboxylic acids is 1. The largest absolute Gasteiger partial charge is 0.481 e. The van der Waals surface area contributed by atoms with E-state index >= 15 is 0 Å². The zero-order valence-corrected chi connectivity index (χ0v) is 25.2. The number of amides is 1. The topological polar surface area (TPSA) is 97.5 Å². The third-order valence-corrected chi connectivity index (χ3v) is 9.70. The highest BCUT2D eigenvalue weighted by Crippen LogP contribution is 2.41. The molecule has 4 aromatic rings. The van der Waals surface area contributed by atoms with Gasteiger partial charge in [-0.15, -0.1) is 11.3 Å². The summed E-state index contributed by atoms with van der Waals surface area (Å²) in [4.78, 5) is 37.7. The fourth-order valence-electron chi connectivity index (χ4n) is 6.51. The second-order valence-electron chi connectivity index (χ2n) is 11.5. The van der Waals surface area contributed by atoms with Gasteiger partial charge in [0.1, 0.15) is 6.54 Å². The normalized spacial score (nSPS) is 16.3. The van der Waals surface area contributed by atoms with Gasteiger partial charge in [0.05, 0.1) is 52.1 Å². The molecule has 9 heteroatoms. The molecule has 0 atom stereocenters. The van der Waals surface area contributed by atoms with E-state index in [0.717, 1.165) is 62.0 Å². The number of carbonyl (C=O) groups excluding carboxylic acids is 1. The lowest BCUT2D eigenvalue weighted by Gasteiger charge is -2.28. The van der Waals surface area contributed by atoms with Crippen LogP contribution >= 0.6 is 11.3 Å². The van der Waals surface area contributed by atoms with Gasteiger partial charge in [0.25, 0.3) is 0 Å². The maximum absolute atomic E-state index is 13.6. The van der Waals surface area contributed by atoms with Crippen LogP contribution < -0.4 is 0 Å². The Hall–Kier alpha value is -3.56. The predicted octanol–water partition coefficient (Wildman–Crippen LogP) is 6.37. The Balaban J connectivity index is 1.44. The summed E-state index contributed by atoms with van der Waals surface area (Å²) in [5.74, 6) is -0.392. The lowest BCUT2D eigenvalue weighted by atomic mass is 9.83. The van der Waals surface area contributed by atoms with Gasteiger partial charge in [-0.2, -0.15) is 0 Å². The molecule has 2 aliphatic rings. The van der Waals surface area contributed by atoms with E-state index in [4.69, 9.17) is 9.72 Å². The van der Waals surface area contributed by atoms with Gasteiger partial charge in [-0.25, -0.2) is 9.97 Å². The van der Waals surface area contributed by atoms with Gasteiger partial charge in [-0.05, 0) is 74.4 Å². The molecule has 1 aliphatic heterocycles. The van der Waals surface area contributed by atoms with Crippen molar-refractivity contribution >= 4 is 34.1 Å². The molecule has 8 nitrogen and oxygen atoms in total. The Morgan fingerprint density at radius 2 is 1.81 bits per heavy atom. The van der Waals surface area contributed by atoms with Crippen molar-refractivity contribution in [3.8, 4) is 21.8 Å². The third-order valence-electron chi connectivity index (χ3n) is 8.61. The monoisotopic (exact) mass is 586 g/mol. The molecule has 0 bridgehead atoms. The molecule has 3 aromatic heterocycles. The lowest BCUT2D eigenvalue weighted by molar-refractivity contribution is -0.137. The van der Waals surface area contributed by atoms with E-state index in [0.29, 0.717) is 38.6 Å². The second-order valence-corrected chi connectivity index (χ2v) is 12.7. The summed E-state index contributed by atoms with van der Waals surface area (Å²) in [5, 5.41) is 11.6. The number of ether oxygens (including phenoxy) is 1. The molecule has 1 aromatic carbocycles. The minimum absolute atomic E-state index is 0.0280. The van der Waals surface area contributed by atoms with E-state index in [2.05, 4.69) is 45.9 Å². The van der Waals surface area contributed by atoms with Crippen LogP contribution in [0.2, 0.25) is 0 Å². The Bertz CT molecular complexity index is 1610. The Labute approximate surface area is 250 Å². The third kappa shape index (κ3) is 5.99. The summed E-state index contributed by atoms with van der Waals surface area (Å²) < 4.78 is 7.58. The number of pyridine rings is 1. The molecule has 1 saturated heterocycles. The predicted molar refractivity (Wildman–Crippen MR) is 165 cm³/mol. The number of hydrogen-bond donors (Lipinski definition) is 1. The van der Waals surface area contributed by atoms with E-state index < -0.39 is 5.97 Å². The van der Waals surface area contributed by atoms with Crippen LogP contribution in [0.1, 0.15) is 66.4 Å². The number of carboxylic acid groups (broad SMARTS) is 1. The number of aryl methyl sites for hydroxylation is 3. The molecular weight excluding hydrogens is 548 g/mol. The van der Waals surface area contributed by atoms with Crippen molar-refractivity contribution < 1.29 is 19.4 Å². The maximum Gasteiger partial charge on any atom is 0.303 e. The molecule has 220 valence electrons. The van der Waals surface area contributed by atoms with Crippen LogP contribution in [-0.2, 0) is 27.3 Å². The van der Waals surface area contributed by atoms with Gasteiger partial charge in [-0.3, -0.25) is 9.59 Å². The van der Waals surface area contributed by atoms with Crippen LogP contribution in [0.3, 0.4) is 0 Å². The molecule has 6 rings (SSSR count). The first-order valence-corrected chi connectivity index (χ1v) is 15.8. The average Bonchev–Trinajstić information content (AvgIpc) is 3.54. The van der Waals surface area contributed by atoms with E-state index in [9.17, 15) is 14.7 Å². The summed E-state index contributed by atoms with van der Waals surface area (Å²) in [5.41, 5.74) is 7.08. The van der Waals surface area contributed by atoms with Gasteiger partial charge in [-0.1, -0.05) is 31.4 Å². The fraction of sp³-hybridized carbons (Fsp3) is 0.455. The van der Waals surface area contributed by atoms with Crippen molar-refractivity contribution in [3.63, 3.8) is 0 Å². The smallest absolute Gasteiger partial charge is 0.303 e. The summed E-state index contributed by atoms with van der Waals surface area (Å²) in [6.07, 6.45) is 6.26. The zero-order valence-electron chi connectivity index (χ0n) is 24.4. The lowest BCUT2D eigenvalue weighted by Crippen LogP contribution is -2.42. The first-order chi connectivity index (χ1) is 20.4. The Kier molecular flexibility index (Phi) is 8.40. The van der Waals surface area contributed by atoms with Crippen molar-refractivity contribution in [1.82, 2.24) is 19.4 Å². The number of fused-ring (bicyclic) bond motifs is 1. The number of hydrogen-bond acceptors (Lipinski definition) is 6. The van der Waals surface area contributed by atoms with E-state index in [1.54, 1.807) is 11.3 Å². The number of aliphatic carboxylic acids is 1. The van der Waals surface area contributed by atoms with Crippen molar-refractivity contribution in [2.75, 3.05) is 26.3 Å². The molecule has 1 amide bonds. The van der Waals surface area contributed by atoms with Crippen LogP contribution in [0.25, 0.3) is 32.7 Å². The molecule has 0 spiro atoms. The number of thiazole rings is 1. The minimum atomic E-state index is -0.832. The van der Waals surface area contributed by atoms with Crippen LogP contribution in [-0.4, -0.2) is 62.7 Å². The first kappa shape index (κ1) is 28.6. The summed E-state index contributed by atoms with van der Waals surface area (Å²) in [6.45, 7) is 6.48. The number of rotatable bonds is 8. The van der Waals surface area contributed by atoms with Crippen LogP contribution in [0, 0.1) is 13.8 Å². The summed E-state index contributed by atoms with van der Waals surface area (Å²) >= 11 is 1.66. The molecular formula is C33H38N4O4S. The molecule has 1 saturated carbocycles. The molecule has 2 fully saturated rings. The highest BCUT2D eigenvalue weighted by Gasteiger charge is 2.27. The number of nitrogens with zero attached hydrogens (tertiary/aromatic N) is 4. The highest BCUT2D eigenvalue weighted by molar-refractivity contribution is 7.15. The first-order valence-electron chi connectivity index (χ1n) is 15.0. The fourth-order valence-corrected chi connectivity index (χ4v) is 7.40. The van der Waals surface area contributed by atoms with E-state index in [1.807, 2.05) is 18.7 Å². The van der Waals surface area contributed by atoms with Crippen molar-refractivity contribution in [2.24, 2.45) is 0 Å². The van der Waals surface area contributed by atoms with Crippen LogP contribution in [0.4, 0.5) is 0 Å². The van der Waals surface area contributed by atoms with Gasteiger partial charge in [0.15, 0.2) is 0 Å². The van der Waals surface area contributed by atoms with Crippen molar-refractivity contribution in [2.45, 2.75) is 71.3 Å². The summed E-state index contributed by atoms with van der Waals surface area (Å²) in [6, 6.07) is 12.7. The Morgan fingerprint density at radius 3 is 2.52 bits per heavy atom. The van der Waals surface area contributed by atoms with Crippen molar-refractivity contribution in [1.29, 1.82) is 0 Å². The quantitative estimate of drug-likeness (QED) is 0.258. The van der Waals surface area contributed by atoms with Gasteiger partial charge >= 0.3 is 5.97 Å². The second kappa shape index (κ2) is 12.4. The average molecular weight is 587 g/mol. The SMILES string of the molecule is Cc1nc(C)c(-c2ccc3cc(-c4c(C5CCCCC5)cc(CCC(=O)O)n4CC(=O)N4CCOCC4)ccc3n2)s1. The number of carbonyl (C=O) groups is 2. The van der Waals surface area contributed by atoms with Gasteiger partial charge in [0.2, 0.25) is 5.91 Å². The molecule has 0 unspecified atom stereocenters. The standard InChI is InChI=1S/C33H38N4O4S/c1-21-33(42-22(2)34-21)29-12-8-24-18-25(9-11-28(24)35-29)32-27(23-6-4-3-5-7-23)19-26(10-13-31(39)40)37(32)20-30(38)36-14-16-41-17-15-36/h8-9,11-12,18-19,23H,3-7,10,13-17,20H2,1-2H3,(H,39,40). The van der Waals surface area contributed by atoms with Crippen LogP contribution in [0.5, 0.6) is 0 Å². The highest BCUT2D eigenvalue weighted by atomic mass is 32.1. The molecule has 1 N–H and O–H groups in total. The van der Waals surface area contributed by atoms with Crippen molar-refractivity contribution in [3.05, 3.63) is 58.4 Å². The van der Waals surface area contributed by atoms with E-state index in [1.165, 1.54) is 24.8 Å². The van der Waals surface area contributed by atoms with Crippen LogP contribution in [0.15, 0.2) is 36.4 Å². The molecule has 4 heterocycles.